The number of anilines is 1. The number of unbranched alkanes of at least 4 members (excludes halogenated alkanes) is 2. The fraction of sp³-hybridized carbons (Fsp3) is 0.533. The number of amides is 1. The summed E-state index contributed by atoms with van der Waals surface area (Å²) in [4.78, 5) is 14.0. The molecule has 1 amide bonds. The van der Waals surface area contributed by atoms with Gasteiger partial charge in [-0.2, -0.15) is 0 Å². The predicted octanol–water partition coefficient (Wildman–Crippen LogP) is 1.69. The number of hydrogen-bond donors (Lipinski definition) is 2. The van der Waals surface area contributed by atoms with Crippen LogP contribution < -0.4 is 15.8 Å². The van der Waals surface area contributed by atoms with Crippen LogP contribution in [0.1, 0.15) is 19.3 Å². The second-order valence-electron chi connectivity index (χ2n) is 4.84. The highest BCUT2D eigenvalue weighted by Crippen LogP contribution is 2.22. The molecule has 0 fully saturated rings. The molecule has 0 atom stereocenters. The van der Waals surface area contributed by atoms with E-state index in [2.05, 4.69) is 5.32 Å². The maximum atomic E-state index is 12.0. The van der Waals surface area contributed by atoms with Gasteiger partial charge in [0.15, 0.2) is 0 Å². The minimum Gasteiger partial charge on any atom is -0.495 e. The highest BCUT2D eigenvalue weighted by Gasteiger charge is 2.09. The topological polar surface area (TPSA) is 67.6 Å². The van der Waals surface area contributed by atoms with E-state index in [0.717, 1.165) is 32.4 Å². The van der Waals surface area contributed by atoms with E-state index in [4.69, 9.17) is 10.5 Å². The number of nitrogens with zero attached hydrogens (tertiary/aromatic N) is 1. The number of benzene rings is 1. The summed E-state index contributed by atoms with van der Waals surface area (Å²) in [6.07, 6.45) is 3.21. The van der Waals surface area contributed by atoms with Crippen molar-refractivity contribution in [3.05, 3.63) is 24.3 Å². The van der Waals surface area contributed by atoms with Gasteiger partial charge in [0, 0.05) is 0 Å². The summed E-state index contributed by atoms with van der Waals surface area (Å²) in [5.74, 6) is 0.641. The largest absolute Gasteiger partial charge is 0.495 e. The predicted molar refractivity (Wildman–Crippen MR) is 82.0 cm³/mol. The monoisotopic (exact) mass is 279 g/mol. The normalized spacial score (nSPS) is 10.6. The first-order chi connectivity index (χ1) is 9.67. The standard InChI is InChI=1S/C15H25N3O2/c1-18(11-7-3-6-10-16)12-15(19)17-13-8-4-5-9-14(13)20-2/h4-5,8-9H,3,6-7,10-12,16H2,1-2H3,(H,17,19). The highest BCUT2D eigenvalue weighted by atomic mass is 16.5. The van der Waals surface area contributed by atoms with Crippen LogP contribution in [0.5, 0.6) is 5.75 Å². The fourth-order valence-corrected chi connectivity index (χ4v) is 1.96. The van der Waals surface area contributed by atoms with Gasteiger partial charge in [0.1, 0.15) is 5.75 Å². The molecule has 0 aliphatic carbocycles. The third-order valence-corrected chi connectivity index (χ3v) is 3.04. The molecule has 0 radical (unpaired) electrons. The fourth-order valence-electron chi connectivity index (χ4n) is 1.96. The van der Waals surface area contributed by atoms with Crippen molar-refractivity contribution in [2.24, 2.45) is 5.73 Å². The second-order valence-corrected chi connectivity index (χ2v) is 4.84. The Bertz CT molecular complexity index is 410. The Hall–Kier alpha value is -1.59. The molecule has 0 saturated heterocycles. The molecule has 5 heteroatoms. The van der Waals surface area contributed by atoms with Gasteiger partial charge in [-0.25, -0.2) is 0 Å². The smallest absolute Gasteiger partial charge is 0.238 e. The van der Waals surface area contributed by atoms with E-state index >= 15 is 0 Å². The van der Waals surface area contributed by atoms with E-state index in [1.807, 2.05) is 36.2 Å². The Morgan fingerprint density at radius 3 is 2.75 bits per heavy atom. The van der Waals surface area contributed by atoms with Crippen LogP contribution in [-0.2, 0) is 4.79 Å². The third-order valence-electron chi connectivity index (χ3n) is 3.04. The Morgan fingerprint density at radius 1 is 1.30 bits per heavy atom. The van der Waals surface area contributed by atoms with Gasteiger partial charge < -0.3 is 15.8 Å². The summed E-state index contributed by atoms with van der Waals surface area (Å²) in [5, 5.41) is 2.87. The van der Waals surface area contributed by atoms with E-state index < -0.39 is 0 Å². The SMILES string of the molecule is COc1ccccc1NC(=O)CN(C)CCCCCN. The lowest BCUT2D eigenvalue weighted by Gasteiger charge is -2.16. The number of likely N-dealkylation sites (N-methyl/N-ethyl adjacent to an activating group) is 1. The maximum absolute atomic E-state index is 12.0. The summed E-state index contributed by atoms with van der Waals surface area (Å²) in [6.45, 7) is 2.01. The van der Waals surface area contributed by atoms with E-state index in [9.17, 15) is 4.79 Å². The molecule has 0 heterocycles. The van der Waals surface area contributed by atoms with E-state index in [1.54, 1.807) is 7.11 Å². The quantitative estimate of drug-likeness (QED) is 0.675. The van der Waals surface area contributed by atoms with Crippen LogP contribution in [-0.4, -0.2) is 44.6 Å². The minimum atomic E-state index is -0.0316. The van der Waals surface area contributed by atoms with Crippen molar-refractivity contribution >= 4 is 11.6 Å². The van der Waals surface area contributed by atoms with Crippen LogP contribution in [0.2, 0.25) is 0 Å². The average molecular weight is 279 g/mol. The number of ether oxygens (including phenoxy) is 1. The maximum Gasteiger partial charge on any atom is 0.238 e. The van der Waals surface area contributed by atoms with Gasteiger partial charge in [-0.15, -0.1) is 0 Å². The summed E-state index contributed by atoms with van der Waals surface area (Å²) >= 11 is 0. The molecule has 0 bridgehead atoms. The van der Waals surface area contributed by atoms with Crippen LogP contribution in [0.25, 0.3) is 0 Å². The molecule has 3 N–H and O–H groups in total. The second kappa shape index (κ2) is 9.34. The molecule has 1 aromatic rings. The summed E-state index contributed by atoms with van der Waals surface area (Å²) in [5.41, 5.74) is 6.15. The molecule has 0 aromatic heterocycles. The molecule has 5 nitrogen and oxygen atoms in total. The summed E-state index contributed by atoms with van der Waals surface area (Å²) in [7, 11) is 3.54. The van der Waals surface area contributed by atoms with Crippen molar-refractivity contribution in [3.63, 3.8) is 0 Å². The molecule has 0 spiro atoms. The number of carbonyl (C=O) groups excluding carboxylic acids is 1. The van der Waals surface area contributed by atoms with Gasteiger partial charge in [0.25, 0.3) is 0 Å². The number of rotatable bonds is 9. The van der Waals surface area contributed by atoms with Gasteiger partial charge in [-0.1, -0.05) is 18.6 Å². The lowest BCUT2D eigenvalue weighted by atomic mass is 10.2. The van der Waals surface area contributed by atoms with Crippen LogP contribution in [0.3, 0.4) is 0 Å². The van der Waals surface area contributed by atoms with Crippen LogP contribution in [0.4, 0.5) is 5.69 Å². The Balaban J connectivity index is 2.35. The highest BCUT2D eigenvalue weighted by molar-refractivity contribution is 5.93. The first kappa shape index (κ1) is 16.5. The summed E-state index contributed by atoms with van der Waals surface area (Å²) in [6, 6.07) is 7.40. The van der Waals surface area contributed by atoms with Gasteiger partial charge in [-0.05, 0) is 45.1 Å². The summed E-state index contributed by atoms with van der Waals surface area (Å²) < 4.78 is 5.20. The Kier molecular flexibility index (Phi) is 7.69. The van der Waals surface area contributed by atoms with Crippen molar-refractivity contribution < 1.29 is 9.53 Å². The van der Waals surface area contributed by atoms with Gasteiger partial charge in [0.05, 0.1) is 19.3 Å². The number of nitrogens with two attached hydrogens (primary N) is 1. The number of nitrogens with one attached hydrogen (secondary N) is 1. The molecular formula is C15H25N3O2. The van der Waals surface area contributed by atoms with E-state index in [-0.39, 0.29) is 5.91 Å². The zero-order chi connectivity index (χ0) is 14.8. The van der Waals surface area contributed by atoms with Crippen LogP contribution in [0, 0.1) is 0 Å². The van der Waals surface area contributed by atoms with Crippen molar-refractivity contribution in [1.29, 1.82) is 0 Å². The molecule has 0 unspecified atom stereocenters. The molecular weight excluding hydrogens is 254 g/mol. The first-order valence-corrected chi connectivity index (χ1v) is 6.99. The molecule has 0 aliphatic rings. The first-order valence-electron chi connectivity index (χ1n) is 6.99. The van der Waals surface area contributed by atoms with Gasteiger partial charge >= 0.3 is 0 Å². The molecule has 0 aliphatic heterocycles. The third kappa shape index (κ3) is 6.04. The lowest BCUT2D eigenvalue weighted by Crippen LogP contribution is -2.31. The molecule has 0 saturated carbocycles. The average Bonchev–Trinajstić information content (AvgIpc) is 2.44. The van der Waals surface area contributed by atoms with Gasteiger partial charge in [-0.3, -0.25) is 9.69 Å². The van der Waals surface area contributed by atoms with Crippen molar-refractivity contribution in [3.8, 4) is 5.75 Å². The molecule has 20 heavy (non-hydrogen) atoms. The van der Waals surface area contributed by atoms with Crippen molar-refractivity contribution in [2.75, 3.05) is 39.1 Å². The van der Waals surface area contributed by atoms with Gasteiger partial charge in [0.2, 0.25) is 5.91 Å². The molecule has 1 rings (SSSR count). The number of carbonyl (C=O) groups is 1. The molecule has 1 aromatic carbocycles. The zero-order valence-electron chi connectivity index (χ0n) is 12.4. The number of hydrogen-bond acceptors (Lipinski definition) is 4. The molecule has 112 valence electrons. The number of methoxy groups -OCH3 is 1. The lowest BCUT2D eigenvalue weighted by molar-refractivity contribution is -0.117. The number of para-hydroxylation sites is 2. The Morgan fingerprint density at radius 2 is 2.05 bits per heavy atom. The van der Waals surface area contributed by atoms with Crippen molar-refractivity contribution in [1.82, 2.24) is 4.90 Å². The van der Waals surface area contributed by atoms with E-state index in [1.165, 1.54) is 0 Å². The van der Waals surface area contributed by atoms with Crippen molar-refractivity contribution in [2.45, 2.75) is 19.3 Å². The van der Waals surface area contributed by atoms with Crippen LogP contribution >= 0.6 is 0 Å². The van der Waals surface area contributed by atoms with Crippen LogP contribution in [0.15, 0.2) is 24.3 Å². The van der Waals surface area contributed by atoms with E-state index in [0.29, 0.717) is 18.0 Å². The Labute approximate surface area is 121 Å². The minimum absolute atomic E-state index is 0.0316. The zero-order valence-corrected chi connectivity index (χ0v) is 12.4.